The summed E-state index contributed by atoms with van der Waals surface area (Å²) in [5.74, 6) is -3.97. The highest BCUT2D eigenvalue weighted by atomic mass is 19.1. The monoisotopic (exact) mass is 329 g/mol. The summed E-state index contributed by atoms with van der Waals surface area (Å²) >= 11 is 0. The van der Waals surface area contributed by atoms with Crippen LogP contribution in [0.3, 0.4) is 0 Å². The zero-order valence-corrected chi connectivity index (χ0v) is 12.4. The molecule has 2 fully saturated rings. The quantitative estimate of drug-likeness (QED) is 0.786. The molecule has 2 heterocycles. The lowest BCUT2D eigenvalue weighted by Gasteiger charge is -2.26. The Bertz CT molecular complexity index is 570. The van der Waals surface area contributed by atoms with Gasteiger partial charge in [-0.2, -0.15) is 0 Å². The van der Waals surface area contributed by atoms with Crippen molar-refractivity contribution in [2.45, 2.75) is 31.5 Å². The van der Waals surface area contributed by atoms with Gasteiger partial charge < -0.3 is 10.1 Å². The molecular formula is C15H18F3N3O2. The van der Waals surface area contributed by atoms with Crippen molar-refractivity contribution in [1.82, 2.24) is 16.2 Å². The Morgan fingerprint density at radius 2 is 1.78 bits per heavy atom. The van der Waals surface area contributed by atoms with Crippen LogP contribution in [0.1, 0.15) is 29.6 Å². The Kier molecular flexibility index (Phi) is 4.84. The smallest absolute Gasteiger partial charge is 0.258 e. The van der Waals surface area contributed by atoms with E-state index in [0.717, 1.165) is 12.8 Å². The molecule has 5 nitrogen and oxygen atoms in total. The molecule has 2 aliphatic rings. The first-order valence-corrected chi connectivity index (χ1v) is 7.59. The van der Waals surface area contributed by atoms with E-state index in [0.29, 0.717) is 37.7 Å². The molecule has 0 aliphatic carbocycles. The second-order valence-corrected chi connectivity index (χ2v) is 5.85. The van der Waals surface area contributed by atoms with Crippen LogP contribution in [0.15, 0.2) is 12.1 Å². The number of halogens is 3. The molecule has 2 saturated heterocycles. The molecule has 1 aromatic rings. The predicted molar refractivity (Wildman–Crippen MR) is 75.8 cm³/mol. The Hall–Kier alpha value is -1.64. The van der Waals surface area contributed by atoms with Gasteiger partial charge in [0.05, 0.1) is 6.17 Å². The summed E-state index contributed by atoms with van der Waals surface area (Å²) in [7, 11) is 0. The normalized spacial score (nSPS) is 25.5. The first-order chi connectivity index (χ1) is 11.0. The van der Waals surface area contributed by atoms with Gasteiger partial charge in [-0.3, -0.25) is 10.2 Å². The van der Waals surface area contributed by atoms with Crippen molar-refractivity contribution in [3.8, 4) is 0 Å². The zero-order chi connectivity index (χ0) is 16.4. The maximum absolute atomic E-state index is 13.6. The molecular weight excluding hydrogens is 311 g/mol. The van der Waals surface area contributed by atoms with Gasteiger partial charge in [0.1, 0.15) is 23.0 Å². The molecule has 3 rings (SSSR count). The van der Waals surface area contributed by atoms with Crippen molar-refractivity contribution >= 4 is 5.91 Å². The summed E-state index contributed by atoms with van der Waals surface area (Å²) in [4.78, 5) is 12.0. The van der Waals surface area contributed by atoms with Gasteiger partial charge in [0.15, 0.2) is 0 Å². The maximum atomic E-state index is 13.6. The molecule has 0 bridgehead atoms. The molecule has 8 heteroatoms. The summed E-state index contributed by atoms with van der Waals surface area (Å²) in [5, 5.41) is 2.52. The maximum Gasteiger partial charge on any atom is 0.258 e. The number of hydrogen-bond donors (Lipinski definition) is 3. The van der Waals surface area contributed by atoms with E-state index in [1.807, 2.05) is 0 Å². The predicted octanol–water partition coefficient (Wildman–Crippen LogP) is 1.45. The van der Waals surface area contributed by atoms with E-state index in [1.54, 1.807) is 0 Å². The van der Waals surface area contributed by atoms with E-state index in [9.17, 15) is 18.0 Å². The molecule has 3 N–H and O–H groups in total. The molecule has 0 aromatic heterocycles. The third-order valence-electron chi connectivity index (χ3n) is 4.31. The number of rotatable bonds is 3. The van der Waals surface area contributed by atoms with Crippen molar-refractivity contribution < 1.29 is 22.7 Å². The number of ether oxygens (including phenoxy) is 1. The average Bonchev–Trinajstić information content (AvgIpc) is 2.95. The van der Waals surface area contributed by atoms with E-state index in [2.05, 4.69) is 16.2 Å². The Balaban J connectivity index is 1.61. The SMILES string of the molecule is O=C(NC1CC(C2CCOCC2)NN1)c1c(F)cc(F)cc1F. The van der Waals surface area contributed by atoms with E-state index in [1.165, 1.54) is 0 Å². The van der Waals surface area contributed by atoms with Crippen LogP contribution in [0.25, 0.3) is 0 Å². The molecule has 0 saturated carbocycles. The molecule has 2 aliphatic heterocycles. The van der Waals surface area contributed by atoms with Gasteiger partial charge in [-0.05, 0) is 25.2 Å². The fraction of sp³-hybridized carbons (Fsp3) is 0.533. The second-order valence-electron chi connectivity index (χ2n) is 5.85. The van der Waals surface area contributed by atoms with E-state index >= 15 is 0 Å². The molecule has 1 amide bonds. The van der Waals surface area contributed by atoms with Crippen LogP contribution >= 0.6 is 0 Å². The topological polar surface area (TPSA) is 62.4 Å². The minimum absolute atomic E-state index is 0.159. The van der Waals surface area contributed by atoms with Crippen LogP contribution < -0.4 is 16.2 Å². The minimum atomic E-state index is -1.22. The van der Waals surface area contributed by atoms with Crippen LogP contribution in [-0.4, -0.2) is 31.3 Å². The highest BCUT2D eigenvalue weighted by Crippen LogP contribution is 2.23. The van der Waals surface area contributed by atoms with Crippen molar-refractivity contribution in [3.63, 3.8) is 0 Å². The van der Waals surface area contributed by atoms with Crippen LogP contribution in [0, 0.1) is 23.4 Å². The first kappa shape index (κ1) is 16.2. The van der Waals surface area contributed by atoms with Crippen molar-refractivity contribution in [2.75, 3.05) is 13.2 Å². The standard InChI is InChI=1S/C15H18F3N3O2/c16-9-5-10(17)14(11(18)6-9)15(22)19-13-7-12(20-21-13)8-1-3-23-4-2-8/h5-6,8,12-13,20-21H,1-4,7H2,(H,19,22). The van der Waals surface area contributed by atoms with E-state index in [-0.39, 0.29) is 6.04 Å². The van der Waals surface area contributed by atoms with Gasteiger partial charge in [0.2, 0.25) is 0 Å². The number of hydrazine groups is 1. The largest absolute Gasteiger partial charge is 0.381 e. The molecule has 2 unspecified atom stereocenters. The third kappa shape index (κ3) is 3.65. The molecule has 126 valence electrons. The fourth-order valence-electron chi connectivity index (χ4n) is 3.09. The minimum Gasteiger partial charge on any atom is -0.381 e. The van der Waals surface area contributed by atoms with Gasteiger partial charge >= 0.3 is 0 Å². The van der Waals surface area contributed by atoms with Gasteiger partial charge in [0.25, 0.3) is 5.91 Å². The summed E-state index contributed by atoms with van der Waals surface area (Å²) in [5.41, 5.74) is 5.24. The number of hydrogen-bond acceptors (Lipinski definition) is 4. The van der Waals surface area contributed by atoms with E-state index < -0.39 is 35.1 Å². The number of benzene rings is 1. The molecule has 0 radical (unpaired) electrons. The first-order valence-electron chi connectivity index (χ1n) is 7.59. The second kappa shape index (κ2) is 6.86. The lowest BCUT2D eigenvalue weighted by atomic mass is 9.90. The number of carbonyl (C=O) groups excluding carboxylic acids is 1. The Morgan fingerprint density at radius 3 is 2.43 bits per heavy atom. The van der Waals surface area contributed by atoms with Gasteiger partial charge in [-0.1, -0.05) is 0 Å². The van der Waals surface area contributed by atoms with Gasteiger partial charge in [-0.25, -0.2) is 18.6 Å². The number of nitrogens with one attached hydrogen (secondary N) is 3. The Morgan fingerprint density at radius 1 is 1.13 bits per heavy atom. The number of carbonyl (C=O) groups is 1. The zero-order valence-electron chi connectivity index (χ0n) is 12.4. The average molecular weight is 329 g/mol. The van der Waals surface area contributed by atoms with Crippen LogP contribution in [0.5, 0.6) is 0 Å². The fourth-order valence-corrected chi connectivity index (χ4v) is 3.09. The summed E-state index contributed by atoms with van der Waals surface area (Å²) in [6, 6.07) is 1.14. The van der Waals surface area contributed by atoms with Crippen molar-refractivity contribution in [2.24, 2.45) is 5.92 Å². The molecule has 1 aromatic carbocycles. The summed E-state index contributed by atoms with van der Waals surface area (Å²) in [6.07, 6.45) is 2.02. The summed E-state index contributed by atoms with van der Waals surface area (Å²) < 4.78 is 45.4. The highest BCUT2D eigenvalue weighted by molar-refractivity contribution is 5.94. The molecule has 23 heavy (non-hydrogen) atoms. The van der Waals surface area contributed by atoms with Gasteiger partial charge in [0, 0.05) is 31.4 Å². The van der Waals surface area contributed by atoms with Crippen molar-refractivity contribution in [3.05, 3.63) is 35.1 Å². The van der Waals surface area contributed by atoms with Crippen LogP contribution in [0.4, 0.5) is 13.2 Å². The van der Waals surface area contributed by atoms with Crippen molar-refractivity contribution in [1.29, 1.82) is 0 Å². The summed E-state index contributed by atoms with van der Waals surface area (Å²) in [6.45, 7) is 1.43. The van der Waals surface area contributed by atoms with E-state index in [4.69, 9.17) is 4.74 Å². The van der Waals surface area contributed by atoms with Crippen LogP contribution in [0.2, 0.25) is 0 Å². The Labute approximate surface area is 131 Å². The van der Waals surface area contributed by atoms with Gasteiger partial charge in [-0.15, -0.1) is 0 Å². The lowest BCUT2D eigenvalue weighted by Crippen LogP contribution is -2.45. The van der Waals surface area contributed by atoms with Crippen LogP contribution in [-0.2, 0) is 4.74 Å². The molecule has 0 spiro atoms. The third-order valence-corrected chi connectivity index (χ3v) is 4.31. The highest BCUT2D eigenvalue weighted by Gasteiger charge is 2.32. The lowest BCUT2D eigenvalue weighted by molar-refractivity contribution is 0.0553. The number of amides is 1. The molecule has 2 atom stereocenters.